The number of pyridine rings is 1. The number of aromatic carboxylic acids is 1. The monoisotopic (exact) mass is 303 g/mol. The summed E-state index contributed by atoms with van der Waals surface area (Å²) < 4.78 is 0. The maximum atomic E-state index is 11.8. The minimum absolute atomic E-state index is 0.0112. The van der Waals surface area contributed by atoms with Gasteiger partial charge in [-0.05, 0) is 36.6 Å². The van der Waals surface area contributed by atoms with E-state index in [0.717, 1.165) is 4.90 Å². The first-order valence-electron chi connectivity index (χ1n) is 5.99. The van der Waals surface area contributed by atoms with Gasteiger partial charge in [0, 0.05) is 16.8 Å². The smallest absolute Gasteiger partial charge is 0.337 e. The van der Waals surface area contributed by atoms with Crippen LogP contribution in [0.15, 0.2) is 47.6 Å². The van der Waals surface area contributed by atoms with Crippen LogP contribution in [-0.2, 0) is 0 Å². The van der Waals surface area contributed by atoms with Gasteiger partial charge in [0.05, 0.1) is 17.4 Å². The summed E-state index contributed by atoms with van der Waals surface area (Å²) in [7, 11) is 0. The first-order chi connectivity index (χ1) is 10.1. The lowest BCUT2D eigenvalue weighted by molar-refractivity contribution is 0.0696. The molecular formula is C14H13N3O3S. The SMILES string of the molecule is CSc1ccc(NC(=O)Nc2cncc(C(=O)O)c2)cc1. The standard InChI is InChI=1S/C14H13N3O3S/c1-21-12-4-2-10(3-5-12)16-14(20)17-11-6-9(13(18)19)7-15-8-11/h2-8H,1H3,(H,18,19)(H2,16,17,20). The fourth-order valence-electron chi connectivity index (χ4n) is 1.59. The highest BCUT2D eigenvalue weighted by Gasteiger charge is 2.07. The molecule has 0 fully saturated rings. The van der Waals surface area contributed by atoms with Crippen molar-refractivity contribution in [1.29, 1.82) is 0 Å². The number of anilines is 2. The molecule has 6 nitrogen and oxygen atoms in total. The third kappa shape index (κ3) is 4.22. The second-order valence-electron chi connectivity index (χ2n) is 4.08. The van der Waals surface area contributed by atoms with Crippen LogP contribution in [0, 0.1) is 0 Å². The largest absolute Gasteiger partial charge is 0.478 e. The number of nitrogens with zero attached hydrogens (tertiary/aromatic N) is 1. The van der Waals surface area contributed by atoms with Gasteiger partial charge in [0.1, 0.15) is 0 Å². The Balaban J connectivity index is 2.00. The molecule has 3 N–H and O–H groups in total. The van der Waals surface area contributed by atoms with Crippen molar-refractivity contribution in [2.75, 3.05) is 16.9 Å². The lowest BCUT2D eigenvalue weighted by atomic mass is 10.2. The average molecular weight is 303 g/mol. The van der Waals surface area contributed by atoms with E-state index < -0.39 is 12.0 Å². The van der Waals surface area contributed by atoms with Crippen LogP contribution >= 0.6 is 11.8 Å². The highest BCUT2D eigenvalue weighted by Crippen LogP contribution is 2.17. The molecular weight excluding hydrogens is 290 g/mol. The zero-order valence-electron chi connectivity index (χ0n) is 11.2. The number of benzene rings is 1. The van der Waals surface area contributed by atoms with Gasteiger partial charge in [-0.1, -0.05) is 0 Å². The minimum atomic E-state index is -1.10. The first kappa shape index (κ1) is 14.9. The van der Waals surface area contributed by atoms with E-state index >= 15 is 0 Å². The van der Waals surface area contributed by atoms with E-state index in [0.29, 0.717) is 11.4 Å². The quantitative estimate of drug-likeness (QED) is 0.755. The summed E-state index contributed by atoms with van der Waals surface area (Å²) in [5, 5.41) is 14.0. The molecule has 2 rings (SSSR count). The topological polar surface area (TPSA) is 91.3 Å². The number of thioether (sulfide) groups is 1. The van der Waals surface area contributed by atoms with Crippen molar-refractivity contribution in [3.8, 4) is 0 Å². The molecule has 108 valence electrons. The fraction of sp³-hybridized carbons (Fsp3) is 0.0714. The number of rotatable bonds is 4. The van der Waals surface area contributed by atoms with Gasteiger partial charge in [0.15, 0.2) is 0 Å². The molecule has 0 unspecified atom stereocenters. The Hall–Kier alpha value is -2.54. The minimum Gasteiger partial charge on any atom is -0.478 e. The summed E-state index contributed by atoms with van der Waals surface area (Å²) >= 11 is 1.61. The van der Waals surface area contributed by atoms with Crippen LogP contribution in [0.5, 0.6) is 0 Å². The van der Waals surface area contributed by atoms with Gasteiger partial charge in [0.2, 0.25) is 0 Å². The number of urea groups is 1. The van der Waals surface area contributed by atoms with Gasteiger partial charge >= 0.3 is 12.0 Å². The van der Waals surface area contributed by atoms with Crippen LogP contribution in [-0.4, -0.2) is 28.3 Å². The number of carboxylic acids is 1. The number of carbonyl (C=O) groups is 2. The van der Waals surface area contributed by atoms with E-state index in [1.54, 1.807) is 23.9 Å². The van der Waals surface area contributed by atoms with Crippen molar-refractivity contribution in [2.24, 2.45) is 0 Å². The zero-order valence-corrected chi connectivity index (χ0v) is 12.0. The van der Waals surface area contributed by atoms with E-state index in [2.05, 4.69) is 15.6 Å². The number of aromatic nitrogens is 1. The summed E-state index contributed by atoms with van der Waals surface area (Å²) in [5.41, 5.74) is 0.970. The van der Waals surface area contributed by atoms with Crippen molar-refractivity contribution < 1.29 is 14.7 Å². The predicted molar refractivity (Wildman–Crippen MR) is 82.1 cm³/mol. The lowest BCUT2D eigenvalue weighted by Crippen LogP contribution is -2.19. The summed E-state index contributed by atoms with van der Waals surface area (Å²) in [6.07, 6.45) is 4.56. The predicted octanol–water partition coefficient (Wildman–Crippen LogP) is 3.15. The normalized spacial score (nSPS) is 9.95. The van der Waals surface area contributed by atoms with E-state index in [1.807, 2.05) is 18.4 Å². The molecule has 2 amide bonds. The number of amides is 2. The van der Waals surface area contributed by atoms with Crippen LogP contribution in [0.25, 0.3) is 0 Å². The summed E-state index contributed by atoms with van der Waals surface area (Å²) in [5.74, 6) is -1.10. The van der Waals surface area contributed by atoms with E-state index in [4.69, 9.17) is 5.11 Å². The zero-order chi connectivity index (χ0) is 15.2. The Kier molecular flexibility index (Phi) is 4.78. The van der Waals surface area contributed by atoms with Gasteiger partial charge in [0.25, 0.3) is 0 Å². The van der Waals surface area contributed by atoms with Crippen LogP contribution < -0.4 is 10.6 Å². The van der Waals surface area contributed by atoms with E-state index in [9.17, 15) is 9.59 Å². The Morgan fingerprint density at radius 1 is 1.10 bits per heavy atom. The molecule has 0 bridgehead atoms. The molecule has 0 saturated heterocycles. The van der Waals surface area contributed by atoms with Crippen molar-refractivity contribution >= 4 is 35.1 Å². The molecule has 1 aromatic carbocycles. The van der Waals surface area contributed by atoms with Crippen LogP contribution in [0.1, 0.15) is 10.4 Å². The van der Waals surface area contributed by atoms with Gasteiger partial charge in [-0.25, -0.2) is 9.59 Å². The number of hydrogen-bond donors (Lipinski definition) is 3. The molecule has 0 atom stereocenters. The highest BCUT2D eigenvalue weighted by atomic mass is 32.2. The molecule has 0 spiro atoms. The van der Waals surface area contributed by atoms with Crippen molar-refractivity contribution in [3.05, 3.63) is 48.3 Å². The molecule has 21 heavy (non-hydrogen) atoms. The van der Waals surface area contributed by atoms with Crippen molar-refractivity contribution in [1.82, 2.24) is 4.98 Å². The summed E-state index contributed by atoms with van der Waals surface area (Å²) in [6, 6.07) is 8.25. The number of nitrogens with one attached hydrogen (secondary N) is 2. The maximum absolute atomic E-state index is 11.8. The molecule has 0 aliphatic rings. The first-order valence-corrected chi connectivity index (χ1v) is 7.21. The third-order valence-electron chi connectivity index (χ3n) is 2.59. The Bertz CT molecular complexity index is 659. The highest BCUT2D eigenvalue weighted by molar-refractivity contribution is 7.98. The second-order valence-corrected chi connectivity index (χ2v) is 4.95. The fourth-order valence-corrected chi connectivity index (χ4v) is 2.00. The van der Waals surface area contributed by atoms with Gasteiger partial charge in [-0.2, -0.15) is 0 Å². The van der Waals surface area contributed by atoms with E-state index in [1.165, 1.54) is 18.5 Å². The molecule has 1 heterocycles. The van der Waals surface area contributed by atoms with Gasteiger partial charge < -0.3 is 15.7 Å². The van der Waals surface area contributed by atoms with Crippen LogP contribution in [0.4, 0.5) is 16.2 Å². The van der Waals surface area contributed by atoms with Crippen molar-refractivity contribution in [3.63, 3.8) is 0 Å². The molecule has 0 aliphatic carbocycles. The van der Waals surface area contributed by atoms with Gasteiger partial charge in [-0.3, -0.25) is 4.98 Å². The van der Waals surface area contributed by atoms with E-state index in [-0.39, 0.29) is 5.56 Å². The maximum Gasteiger partial charge on any atom is 0.337 e. The third-order valence-corrected chi connectivity index (χ3v) is 3.33. The lowest BCUT2D eigenvalue weighted by Gasteiger charge is -2.08. The Labute approximate surface area is 125 Å². The number of hydrogen-bond acceptors (Lipinski definition) is 4. The van der Waals surface area contributed by atoms with Crippen LogP contribution in [0.2, 0.25) is 0 Å². The van der Waals surface area contributed by atoms with Crippen molar-refractivity contribution in [2.45, 2.75) is 4.90 Å². The summed E-state index contributed by atoms with van der Waals surface area (Å²) in [4.78, 5) is 27.5. The summed E-state index contributed by atoms with van der Waals surface area (Å²) in [6.45, 7) is 0. The molecule has 0 aliphatic heterocycles. The molecule has 1 aromatic heterocycles. The molecule has 0 saturated carbocycles. The van der Waals surface area contributed by atoms with Gasteiger partial charge in [-0.15, -0.1) is 11.8 Å². The molecule has 0 radical (unpaired) electrons. The average Bonchev–Trinajstić information content (AvgIpc) is 2.48. The number of carbonyl (C=O) groups excluding carboxylic acids is 1. The van der Waals surface area contributed by atoms with Crippen LogP contribution in [0.3, 0.4) is 0 Å². The Morgan fingerprint density at radius 2 is 1.76 bits per heavy atom. The second kappa shape index (κ2) is 6.76. The molecule has 2 aromatic rings. The molecule has 7 heteroatoms. The Morgan fingerprint density at radius 3 is 2.38 bits per heavy atom. The number of carboxylic acid groups (broad SMARTS) is 1.